The first kappa shape index (κ1) is 16.8. The van der Waals surface area contributed by atoms with E-state index in [-0.39, 0.29) is 5.75 Å². The second kappa shape index (κ2) is 6.92. The van der Waals surface area contributed by atoms with Gasteiger partial charge in [0.25, 0.3) is 0 Å². The Morgan fingerprint density at radius 1 is 1.11 bits per heavy atom. The van der Waals surface area contributed by atoms with Crippen LogP contribution in [0, 0.1) is 0 Å². The van der Waals surface area contributed by atoms with Gasteiger partial charge in [0, 0.05) is 42.2 Å². The molecule has 0 bridgehead atoms. The molecular formula is C21H18N4O2. The minimum Gasteiger partial charge on any atom is -0.508 e. The molecule has 4 aromatic rings. The number of aromatic nitrogens is 3. The second-order valence-electron chi connectivity index (χ2n) is 6.35. The fourth-order valence-electron chi connectivity index (χ4n) is 3.28. The molecule has 0 saturated heterocycles. The van der Waals surface area contributed by atoms with E-state index in [0.29, 0.717) is 12.2 Å². The van der Waals surface area contributed by atoms with Crippen LogP contribution < -0.4 is 5.73 Å². The summed E-state index contributed by atoms with van der Waals surface area (Å²) >= 11 is 0. The van der Waals surface area contributed by atoms with Crippen molar-refractivity contribution >= 4 is 16.7 Å². The van der Waals surface area contributed by atoms with Gasteiger partial charge in [-0.25, -0.2) is 4.98 Å². The normalized spacial score (nSPS) is 12.1. The molecule has 0 saturated carbocycles. The standard InChI is InChI=1S/C21H18N4O2/c22-20(27)19(12-14-4-6-16(26)7-5-14)25-11-10-24-21(25)18-3-1-2-15-13-23-9-8-17(15)18/h1-11,13,19,26H,12H2,(H2,22,27)/t19-/m0/s1. The maximum absolute atomic E-state index is 12.2. The number of carbonyl (C=O) groups is 1. The minimum atomic E-state index is -0.593. The molecule has 134 valence electrons. The number of rotatable bonds is 5. The summed E-state index contributed by atoms with van der Waals surface area (Å²) < 4.78 is 1.81. The average Bonchev–Trinajstić information content (AvgIpc) is 3.16. The van der Waals surface area contributed by atoms with Gasteiger partial charge in [0.15, 0.2) is 0 Å². The van der Waals surface area contributed by atoms with Crippen LogP contribution in [-0.4, -0.2) is 25.5 Å². The highest BCUT2D eigenvalue weighted by molar-refractivity contribution is 5.95. The highest BCUT2D eigenvalue weighted by Crippen LogP contribution is 2.29. The van der Waals surface area contributed by atoms with E-state index in [1.807, 2.05) is 28.8 Å². The molecular weight excluding hydrogens is 340 g/mol. The molecule has 2 heterocycles. The second-order valence-corrected chi connectivity index (χ2v) is 6.35. The van der Waals surface area contributed by atoms with Crippen LogP contribution >= 0.6 is 0 Å². The molecule has 6 heteroatoms. The van der Waals surface area contributed by atoms with Gasteiger partial charge in [-0.1, -0.05) is 30.3 Å². The summed E-state index contributed by atoms with van der Waals surface area (Å²) in [5.41, 5.74) is 7.53. The predicted molar refractivity (Wildman–Crippen MR) is 103 cm³/mol. The number of phenols is 1. The Bertz CT molecular complexity index is 1100. The van der Waals surface area contributed by atoms with Crippen molar-refractivity contribution < 1.29 is 9.90 Å². The molecule has 1 atom stereocenters. The Morgan fingerprint density at radius 2 is 1.93 bits per heavy atom. The number of amides is 1. The maximum Gasteiger partial charge on any atom is 0.240 e. The molecule has 0 unspecified atom stereocenters. The topological polar surface area (TPSA) is 94.0 Å². The molecule has 0 aliphatic rings. The Hall–Kier alpha value is -3.67. The lowest BCUT2D eigenvalue weighted by Gasteiger charge is -2.19. The van der Waals surface area contributed by atoms with Crippen molar-refractivity contribution in [2.75, 3.05) is 0 Å². The van der Waals surface area contributed by atoms with E-state index >= 15 is 0 Å². The van der Waals surface area contributed by atoms with E-state index in [1.165, 1.54) is 0 Å². The number of aromatic hydroxyl groups is 1. The number of benzene rings is 2. The highest BCUT2D eigenvalue weighted by atomic mass is 16.3. The van der Waals surface area contributed by atoms with Gasteiger partial charge in [-0.05, 0) is 29.1 Å². The van der Waals surface area contributed by atoms with Crippen molar-refractivity contribution in [3.8, 4) is 17.1 Å². The first-order valence-corrected chi connectivity index (χ1v) is 8.56. The zero-order valence-electron chi connectivity index (χ0n) is 14.5. The SMILES string of the molecule is NC(=O)[C@H](Cc1ccc(O)cc1)n1ccnc1-c1cccc2cnccc12. The van der Waals surface area contributed by atoms with E-state index in [1.54, 1.807) is 49.1 Å². The Labute approximate surface area is 155 Å². The Morgan fingerprint density at radius 3 is 2.70 bits per heavy atom. The van der Waals surface area contributed by atoms with Gasteiger partial charge in [0.2, 0.25) is 5.91 Å². The molecule has 0 fully saturated rings. The van der Waals surface area contributed by atoms with Crippen molar-refractivity contribution in [3.05, 3.63) is 78.9 Å². The lowest BCUT2D eigenvalue weighted by Crippen LogP contribution is -2.28. The number of nitrogens with two attached hydrogens (primary N) is 1. The summed E-state index contributed by atoms with van der Waals surface area (Å²) in [5, 5.41) is 11.5. The fourth-order valence-corrected chi connectivity index (χ4v) is 3.28. The number of hydrogen-bond acceptors (Lipinski definition) is 4. The van der Waals surface area contributed by atoms with Crippen LogP contribution in [0.25, 0.3) is 22.2 Å². The van der Waals surface area contributed by atoms with E-state index in [0.717, 1.165) is 21.9 Å². The minimum absolute atomic E-state index is 0.182. The summed E-state index contributed by atoms with van der Waals surface area (Å²) in [4.78, 5) is 20.9. The molecule has 2 aromatic heterocycles. The van der Waals surface area contributed by atoms with E-state index in [4.69, 9.17) is 5.73 Å². The van der Waals surface area contributed by atoms with Crippen LogP contribution in [0.5, 0.6) is 5.75 Å². The summed E-state index contributed by atoms with van der Waals surface area (Å²) in [6, 6.07) is 14.0. The Kier molecular flexibility index (Phi) is 4.30. The number of pyridine rings is 1. The maximum atomic E-state index is 12.2. The fraction of sp³-hybridized carbons (Fsp3) is 0.0952. The summed E-state index contributed by atoms with van der Waals surface area (Å²) in [5.74, 6) is 0.417. The zero-order valence-corrected chi connectivity index (χ0v) is 14.5. The van der Waals surface area contributed by atoms with Crippen molar-refractivity contribution in [2.24, 2.45) is 5.73 Å². The van der Waals surface area contributed by atoms with Gasteiger partial charge in [-0.3, -0.25) is 9.78 Å². The number of hydrogen-bond donors (Lipinski definition) is 2. The van der Waals surface area contributed by atoms with Crippen molar-refractivity contribution in [1.82, 2.24) is 14.5 Å². The Balaban J connectivity index is 1.78. The predicted octanol–water partition coefficient (Wildman–Crippen LogP) is 3.07. The van der Waals surface area contributed by atoms with Crippen molar-refractivity contribution in [3.63, 3.8) is 0 Å². The first-order valence-electron chi connectivity index (χ1n) is 8.56. The lowest BCUT2D eigenvalue weighted by molar-refractivity contribution is -0.121. The molecule has 0 radical (unpaired) electrons. The van der Waals surface area contributed by atoms with Gasteiger partial charge in [-0.2, -0.15) is 0 Å². The molecule has 0 spiro atoms. The van der Waals surface area contributed by atoms with Crippen molar-refractivity contribution in [1.29, 1.82) is 0 Å². The van der Waals surface area contributed by atoms with E-state index in [9.17, 15) is 9.90 Å². The van der Waals surface area contributed by atoms with Gasteiger partial charge >= 0.3 is 0 Å². The third-order valence-corrected chi connectivity index (χ3v) is 4.62. The summed E-state index contributed by atoms with van der Waals surface area (Å²) in [6.45, 7) is 0. The van der Waals surface area contributed by atoms with Crippen molar-refractivity contribution in [2.45, 2.75) is 12.5 Å². The average molecular weight is 358 g/mol. The van der Waals surface area contributed by atoms with Crippen LogP contribution in [-0.2, 0) is 11.2 Å². The van der Waals surface area contributed by atoms with Gasteiger partial charge < -0.3 is 15.4 Å². The number of carbonyl (C=O) groups excluding carboxylic acids is 1. The number of nitrogens with zero attached hydrogens (tertiary/aromatic N) is 3. The smallest absolute Gasteiger partial charge is 0.240 e. The molecule has 1 amide bonds. The molecule has 27 heavy (non-hydrogen) atoms. The van der Waals surface area contributed by atoms with E-state index < -0.39 is 11.9 Å². The lowest BCUT2D eigenvalue weighted by atomic mass is 10.0. The van der Waals surface area contributed by atoms with Crippen LogP contribution in [0.3, 0.4) is 0 Å². The third-order valence-electron chi connectivity index (χ3n) is 4.62. The van der Waals surface area contributed by atoms with Gasteiger partial charge in [-0.15, -0.1) is 0 Å². The summed E-state index contributed by atoms with van der Waals surface area (Å²) in [7, 11) is 0. The van der Waals surface area contributed by atoms with Gasteiger partial charge in [0.1, 0.15) is 17.6 Å². The first-order chi connectivity index (χ1) is 13.1. The molecule has 4 rings (SSSR count). The zero-order chi connectivity index (χ0) is 18.8. The number of primary amides is 1. The molecule has 6 nitrogen and oxygen atoms in total. The van der Waals surface area contributed by atoms with Crippen LogP contribution in [0.1, 0.15) is 11.6 Å². The largest absolute Gasteiger partial charge is 0.508 e. The molecule has 3 N–H and O–H groups in total. The van der Waals surface area contributed by atoms with Crippen LogP contribution in [0.15, 0.2) is 73.3 Å². The monoisotopic (exact) mass is 358 g/mol. The number of imidazole rings is 1. The van der Waals surface area contributed by atoms with E-state index in [2.05, 4.69) is 9.97 Å². The summed E-state index contributed by atoms with van der Waals surface area (Å²) in [6.07, 6.45) is 7.38. The van der Waals surface area contributed by atoms with Gasteiger partial charge in [0.05, 0.1) is 0 Å². The molecule has 0 aliphatic heterocycles. The third kappa shape index (κ3) is 3.25. The number of phenolic OH excluding ortho intramolecular Hbond substituents is 1. The van der Waals surface area contributed by atoms with Crippen LogP contribution in [0.2, 0.25) is 0 Å². The highest BCUT2D eigenvalue weighted by Gasteiger charge is 2.22. The quantitative estimate of drug-likeness (QED) is 0.573. The molecule has 0 aliphatic carbocycles. The van der Waals surface area contributed by atoms with Crippen LogP contribution in [0.4, 0.5) is 0 Å². The number of fused-ring (bicyclic) bond motifs is 1. The molecule has 2 aromatic carbocycles.